The van der Waals surface area contributed by atoms with Gasteiger partial charge >= 0.3 is 0 Å². The van der Waals surface area contributed by atoms with Crippen molar-refractivity contribution in [1.82, 2.24) is 4.98 Å². The third kappa shape index (κ3) is 1.18. The van der Waals surface area contributed by atoms with E-state index in [0.717, 1.165) is 36.9 Å². The Bertz CT molecular complexity index is 467. The second-order valence-electron chi connectivity index (χ2n) is 3.52. The molecule has 4 nitrogen and oxygen atoms in total. The van der Waals surface area contributed by atoms with Crippen LogP contribution in [0.15, 0.2) is 4.79 Å². The predicted octanol–water partition coefficient (Wildman–Crippen LogP) is 0.708. The summed E-state index contributed by atoms with van der Waals surface area (Å²) in [4.78, 5) is 14.1. The number of H-pyrrole nitrogens is 1. The van der Waals surface area contributed by atoms with E-state index >= 15 is 0 Å². The fourth-order valence-corrected chi connectivity index (χ4v) is 1.92. The van der Waals surface area contributed by atoms with Crippen molar-refractivity contribution in [1.29, 1.82) is 5.26 Å². The summed E-state index contributed by atoms with van der Waals surface area (Å²) >= 11 is 0. The smallest absolute Gasteiger partial charge is 0.268 e. The summed E-state index contributed by atoms with van der Waals surface area (Å²) in [6, 6.07) is 1.84. The summed E-state index contributed by atoms with van der Waals surface area (Å²) in [6.07, 6.45) is 3.88. The van der Waals surface area contributed by atoms with Crippen LogP contribution in [-0.4, -0.2) is 4.98 Å². The highest BCUT2D eigenvalue weighted by Gasteiger charge is 2.17. The quantitative estimate of drug-likeness (QED) is 0.630. The molecule has 0 aliphatic heterocycles. The summed E-state index contributed by atoms with van der Waals surface area (Å²) in [5, 5.41) is 8.75. The zero-order valence-electron chi connectivity index (χ0n) is 7.76. The van der Waals surface area contributed by atoms with Crippen LogP contribution < -0.4 is 11.3 Å². The minimum Gasteiger partial charge on any atom is -0.397 e. The van der Waals surface area contributed by atoms with Gasteiger partial charge in [-0.15, -0.1) is 0 Å². The van der Waals surface area contributed by atoms with E-state index in [-0.39, 0.29) is 11.1 Å². The van der Waals surface area contributed by atoms with Crippen molar-refractivity contribution in [3.8, 4) is 6.07 Å². The van der Waals surface area contributed by atoms with Crippen LogP contribution in [0, 0.1) is 11.3 Å². The van der Waals surface area contributed by atoms with E-state index in [4.69, 9.17) is 11.0 Å². The number of nitrogen functional groups attached to an aromatic ring is 1. The Morgan fingerprint density at radius 2 is 2.07 bits per heavy atom. The molecule has 0 atom stereocenters. The number of aromatic nitrogens is 1. The Balaban J connectivity index is 2.71. The molecule has 1 aromatic heterocycles. The Morgan fingerprint density at radius 3 is 2.79 bits per heavy atom. The molecule has 0 saturated carbocycles. The van der Waals surface area contributed by atoms with Crippen LogP contribution in [0.3, 0.4) is 0 Å². The summed E-state index contributed by atoms with van der Waals surface area (Å²) in [7, 11) is 0. The van der Waals surface area contributed by atoms with Gasteiger partial charge in [-0.25, -0.2) is 0 Å². The van der Waals surface area contributed by atoms with Crippen LogP contribution in [0.2, 0.25) is 0 Å². The number of anilines is 1. The molecule has 1 aliphatic carbocycles. The van der Waals surface area contributed by atoms with Gasteiger partial charge in [-0.2, -0.15) is 5.26 Å². The van der Waals surface area contributed by atoms with Gasteiger partial charge in [0.2, 0.25) is 0 Å². The van der Waals surface area contributed by atoms with Crippen molar-refractivity contribution >= 4 is 5.69 Å². The normalized spacial score (nSPS) is 14.5. The lowest BCUT2D eigenvalue weighted by Gasteiger charge is -2.17. The van der Waals surface area contributed by atoms with E-state index in [2.05, 4.69) is 4.98 Å². The van der Waals surface area contributed by atoms with E-state index < -0.39 is 0 Å². The van der Waals surface area contributed by atoms with Gasteiger partial charge in [-0.1, -0.05) is 0 Å². The first-order valence-corrected chi connectivity index (χ1v) is 4.67. The molecule has 0 amide bonds. The van der Waals surface area contributed by atoms with Crippen LogP contribution in [0.5, 0.6) is 0 Å². The van der Waals surface area contributed by atoms with Crippen molar-refractivity contribution in [2.75, 3.05) is 5.73 Å². The minimum absolute atomic E-state index is 0.0608. The second-order valence-corrected chi connectivity index (χ2v) is 3.52. The first-order valence-electron chi connectivity index (χ1n) is 4.67. The van der Waals surface area contributed by atoms with Crippen molar-refractivity contribution in [3.05, 3.63) is 27.2 Å². The SMILES string of the molecule is N#Cc1c(N)c2c([nH]c1=O)CCCC2. The van der Waals surface area contributed by atoms with Crippen LogP contribution in [-0.2, 0) is 12.8 Å². The van der Waals surface area contributed by atoms with E-state index in [1.54, 1.807) is 0 Å². The molecular formula is C10H11N3O. The molecule has 2 rings (SSSR count). The Hall–Kier alpha value is -1.76. The highest BCUT2D eigenvalue weighted by molar-refractivity contribution is 5.60. The van der Waals surface area contributed by atoms with Gasteiger partial charge in [0, 0.05) is 5.69 Å². The molecule has 4 heteroatoms. The first-order chi connectivity index (χ1) is 6.74. The summed E-state index contributed by atoms with van der Waals surface area (Å²) in [5.74, 6) is 0. The number of rotatable bonds is 0. The Morgan fingerprint density at radius 1 is 1.36 bits per heavy atom. The molecular weight excluding hydrogens is 178 g/mol. The molecule has 1 aliphatic rings. The largest absolute Gasteiger partial charge is 0.397 e. The van der Waals surface area contributed by atoms with Gasteiger partial charge in [0.15, 0.2) is 0 Å². The molecule has 0 saturated heterocycles. The Kier molecular flexibility index (Phi) is 2.01. The summed E-state index contributed by atoms with van der Waals surface area (Å²) in [5.41, 5.74) is 7.74. The zero-order chi connectivity index (χ0) is 10.1. The number of nitriles is 1. The topological polar surface area (TPSA) is 82.7 Å². The second kappa shape index (κ2) is 3.18. The predicted molar refractivity (Wildman–Crippen MR) is 52.8 cm³/mol. The fourth-order valence-electron chi connectivity index (χ4n) is 1.92. The molecule has 0 spiro atoms. The first kappa shape index (κ1) is 8.82. The fraction of sp³-hybridized carbons (Fsp3) is 0.400. The number of nitrogens with one attached hydrogen (secondary N) is 1. The third-order valence-corrected chi connectivity index (χ3v) is 2.67. The number of pyridine rings is 1. The molecule has 0 fully saturated rings. The molecule has 1 aromatic rings. The van der Waals surface area contributed by atoms with Crippen LogP contribution in [0.4, 0.5) is 5.69 Å². The number of nitrogens with two attached hydrogens (primary N) is 1. The zero-order valence-corrected chi connectivity index (χ0v) is 7.76. The van der Waals surface area contributed by atoms with Gasteiger partial charge in [-0.05, 0) is 31.2 Å². The lowest BCUT2D eigenvalue weighted by atomic mass is 9.93. The summed E-state index contributed by atoms with van der Waals surface area (Å²) in [6.45, 7) is 0. The van der Waals surface area contributed by atoms with Gasteiger partial charge in [0.25, 0.3) is 5.56 Å². The van der Waals surface area contributed by atoms with Crippen molar-refractivity contribution in [3.63, 3.8) is 0 Å². The van der Waals surface area contributed by atoms with Crippen molar-refractivity contribution < 1.29 is 0 Å². The molecule has 1 heterocycles. The number of hydrogen-bond acceptors (Lipinski definition) is 3. The van der Waals surface area contributed by atoms with Gasteiger partial charge in [-0.3, -0.25) is 4.79 Å². The molecule has 0 unspecified atom stereocenters. The average Bonchev–Trinajstić information content (AvgIpc) is 2.18. The lowest BCUT2D eigenvalue weighted by Crippen LogP contribution is -2.20. The molecule has 14 heavy (non-hydrogen) atoms. The highest BCUT2D eigenvalue weighted by Crippen LogP contribution is 2.24. The maximum absolute atomic E-state index is 11.4. The maximum Gasteiger partial charge on any atom is 0.268 e. The van der Waals surface area contributed by atoms with Crippen LogP contribution in [0.25, 0.3) is 0 Å². The number of aromatic amines is 1. The molecule has 3 N–H and O–H groups in total. The van der Waals surface area contributed by atoms with Gasteiger partial charge in [0.1, 0.15) is 11.6 Å². The van der Waals surface area contributed by atoms with E-state index in [1.807, 2.05) is 6.07 Å². The minimum atomic E-state index is -0.356. The number of fused-ring (bicyclic) bond motifs is 1. The van der Waals surface area contributed by atoms with E-state index in [1.165, 1.54) is 0 Å². The van der Waals surface area contributed by atoms with Crippen LogP contribution >= 0.6 is 0 Å². The monoisotopic (exact) mass is 189 g/mol. The molecule has 72 valence electrons. The van der Waals surface area contributed by atoms with Gasteiger partial charge < -0.3 is 10.7 Å². The standard InChI is InChI=1S/C10H11N3O/c11-5-7-9(12)6-3-1-2-4-8(6)13-10(7)14/h1-4H2,(H3,12,13,14). The van der Waals surface area contributed by atoms with Crippen molar-refractivity contribution in [2.45, 2.75) is 25.7 Å². The van der Waals surface area contributed by atoms with Gasteiger partial charge in [0.05, 0.1) is 5.69 Å². The Labute approximate surface area is 81.4 Å². The van der Waals surface area contributed by atoms with Crippen molar-refractivity contribution in [2.24, 2.45) is 0 Å². The van der Waals surface area contributed by atoms with E-state index in [0.29, 0.717) is 5.69 Å². The number of aryl methyl sites for hydroxylation is 1. The van der Waals surface area contributed by atoms with Crippen LogP contribution in [0.1, 0.15) is 29.7 Å². The maximum atomic E-state index is 11.4. The third-order valence-electron chi connectivity index (χ3n) is 2.67. The number of nitrogens with zero attached hydrogens (tertiary/aromatic N) is 1. The van der Waals surface area contributed by atoms with E-state index in [9.17, 15) is 4.79 Å². The molecule has 0 bridgehead atoms. The lowest BCUT2D eigenvalue weighted by molar-refractivity contribution is 0.666. The average molecular weight is 189 g/mol. The molecule has 0 aromatic carbocycles. The number of hydrogen-bond donors (Lipinski definition) is 2. The highest BCUT2D eigenvalue weighted by atomic mass is 16.1. The molecule has 0 radical (unpaired) electrons. The summed E-state index contributed by atoms with van der Waals surface area (Å²) < 4.78 is 0.